The van der Waals surface area contributed by atoms with Crippen LogP contribution >= 0.6 is 11.3 Å². The Labute approximate surface area is 177 Å². The highest BCUT2D eigenvalue weighted by Gasteiger charge is 2.21. The number of ketones is 1. The van der Waals surface area contributed by atoms with Crippen LogP contribution in [0.15, 0.2) is 30.3 Å². The van der Waals surface area contributed by atoms with Crippen molar-refractivity contribution in [3.8, 4) is 22.6 Å². The number of carbonyl (C=O) groups excluding carboxylic acids is 1. The molecular weight excluding hydrogens is 403 g/mol. The summed E-state index contributed by atoms with van der Waals surface area (Å²) in [5, 5.41) is 3.80. The van der Waals surface area contributed by atoms with Crippen LogP contribution in [0, 0.1) is 12.7 Å². The van der Waals surface area contributed by atoms with E-state index in [4.69, 9.17) is 9.47 Å². The van der Waals surface area contributed by atoms with Crippen molar-refractivity contribution < 1.29 is 18.7 Å². The molecule has 0 unspecified atom stereocenters. The molecule has 1 aromatic heterocycles. The number of rotatable bonds is 4. The van der Waals surface area contributed by atoms with E-state index in [0.717, 1.165) is 46.8 Å². The van der Waals surface area contributed by atoms with Gasteiger partial charge in [0.25, 0.3) is 0 Å². The summed E-state index contributed by atoms with van der Waals surface area (Å²) in [5.74, 6) is 0.908. The fraction of sp³-hybridized carbons (Fsp3) is 0.304. The molecule has 3 aromatic rings. The molecule has 2 aliphatic heterocycles. The number of Topliss-reactive ketones (excluding diaryl/α,β-unsaturated/α-hetero) is 1. The first-order valence-electron chi connectivity index (χ1n) is 10.00. The Balaban J connectivity index is 1.46. The number of benzene rings is 2. The molecule has 0 aliphatic carbocycles. The number of carbonyl (C=O) groups is 1. The summed E-state index contributed by atoms with van der Waals surface area (Å²) >= 11 is 1.44. The molecule has 30 heavy (non-hydrogen) atoms. The number of ether oxygens (including phenoxy) is 2. The highest BCUT2D eigenvalue weighted by Crippen LogP contribution is 2.36. The van der Waals surface area contributed by atoms with Crippen molar-refractivity contribution >= 4 is 17.1 Å². The average Bonchev–Trinajstić information content (AvgIpc) is 3.20. The minimum absolute atomic E-state index is 0.0729. The SMILES string of the molecule is Cc1c(CC(=O)c2nc3c(s2)CNCC3)cc(F)cc1-c1ccc2c(c1)OCCO2. The van der Waals surface area contributed by atoms with Crippen LogP contribution in [0.3, 0.4) is 0 Å². The summed E-state index contributed by atoms with van der Waals surface area (Å²) in [6, 6.07) is 8.55. The van der Waals surface area contributed by atoms with Gasteiger partial charge in [0.05, 0.1) is 5.69 Å². The molecule has 3 heterocycles. The van der Waals surface area contributed by atoms with Gasteiger partial charge >= 0.3 is 0 Å². The van der Waals surface area contributed by atoms with Crippen molar-refractivity contribution in [2.24, 2.45) is 0 Å². The number of fused-ring (bicyclic) bond motifs is 2. The van der Waals surface area contributed by atoms with Crippen LogP contribution in [0.2, 0.25) is 0 Å². The summed E-state index contributed by atoms with van der Waals surface area (Å²) in [7, 11) is 0. The van der Waals surface area contributed by atoms with E-state index in [0.29, 0.717) is 35.3 Å². The molecule has 0 bridgehead atoms. The lowest BCUT2D eigenvalue weighted by atomic mass is 9.93. The number of nitrogens with one attached hydrogen (secondary N) is 1. The molecule has 0 spiro atoms. The largest absolute Gasteiger partial charge is 0.486 e. The minimum Gasteiger partial charge on any atom is -0.486 e. The van der Waals surface area contributed by atoms with E-state index in [9.17, 15) is 9.18 Å². The number of aromatic nitrogens is 1. The van der Waals surface area contributed by atoms with E-state index in [1.165, 1.54) is 23.5 Å². The lowest BCUT2D eigenvalue weighted by Crippen LogP contribution is -2.22. The third-order valence-corrected chi connectivity index (χ3v) is 6.66. The van der Waals surface area contributed by atoms with Crippen molar-refractivity contribution in [2.75, 3.05) is 19.8 Å². The lowest BCUT2D eigenvalue weighted by Gasteiger charge is -2.19. The summed E-state index contributed by atoms with van der Waals surface area (Å²) in [6.45, 7) is 4.57. The van der Waals surface area contributed by atoms with Crippen LogP contribution in [0.1, 0.15) is 31.5 Å². The second kappa shape index (κ2) is 7.81. The second-order valence-corrected chi connectivity index (χ2v) is 8.60. The van der Waals surface area contributed by atoms with Crippen molar-refractivity contribution in [3.63, 3.8) is 0 Å². The maximum Gasteiger partial charge on any atom is 0.195 e. The average molecular weight is 424 g/mol. The number of hydrogen-bond donors (Lipinski definition) is 1. The van der Waals surface area contributed by atoms with Gasteiger partial charge in [0, 0.05) is 30.8 Å². The Morgan fingerprint density at radius 2 is 2.03 bits per heavy atom. The van der Waals surface area contributed by atoms with E-state index in [2.05, 4.69) is 10.3 Å². The fourth-order valence-electron chi connectivity index (χ4n) is 3.92. The van der Waals surface area contributed by atoms with Gasteiger partial charge in [-0.3, -0.25) is 4.79 Å². The van der Waals surface area contributed by atoms with Crippen LogP contribution in [-0.4, -0.2) is 30.5 Å². The predicted octanol–water partition coefficient (Wildman–Crippen LogP) is 4.10. The molecule has 0 atom stereocenters. The van der Waals surface area contributed by atoms with Gasteiger partial charge in [0.2, 0.25) is 0 Å². The Hall–Kier alpha value is -2.77. The Kier molecular flexibility index (Phi) is 5.00. The van der Waals surface area contributed by atoms with Crippen LogP contribution in [0.4, 0.5) is 4.39 Å². The molecule has 0 radical (unpaired) electrons. The van der Waals surface area contributed by atoms with Crippen LogP contribution < -0.4 is 14.8 Å². The van der Waals surface area contributed by atoms with Crippen LogP contribution in [-0.2, 0) is 19.4 Å². The molecule has 2 aromatic carbocycles. The summed E-state index contributed by atoms with van der Waals surface area (Å²) < 4.78 is 25.7. The smallest absolute Gasteiger partial charge is 0.195 e. The van der Waals surface area contributed by atoms with E-state index in [-0.39, 0.29) is 18.0 Å². The zero-order valence-electron chi connectivity index (χ0n) is 16.6. The van der Waals surface area contributed by atoms with Crippen LogP contribution in [0.25, 0.3) is 11.1 Å². The highest BCUT2D eigenvalue weighted by molar-refractivity contribution is 7.13. The minimum atomic E-state index is -0.365. The van der Waals surface area contributed by atoms with Gasteiger partial charge in [-0.1, -0.05) is 6.07 Å². The Bertz CT molecular complexity index is 1120. The summed E-state index contributed by atoms with van der Waals surface area (Å²) in [6.07, 6.45) is 0.966. The van der Waals surface area contributed by atoms with Gasteiger partial charge in [0.1, 0.15) is 19.0 Å². The van der Waals surface area contributed by atoms with Gasteiger partial charge in [-0.05, 0) is 53.4 Å². The van der Waals surface area contributed by atoms with Gasteiger partial charge in [-0.25, -0.2) is 9.37 Å². The molecule has 7 heteroatoms. The zero-order chi connectivity index (χ0) is 20.7. The molecular formula is C23H21FN2O3S. The van der Waals surface area contributed by atoms with E-state index < -0.39 is 0 Å². The van der Waals surface area contributed by atoms with Crippen LogP contribution in [0.5, 0.6) is 11.5 Å². The monoisotopic (exact) mass is 424 g/mol. The quantitative estimate of drug-likeness (QED) is 0.639. The topological polar surface area (TPSA) is 60.5 Å². The summed E-state index contributed by atoms with van der Waals surface area (Å²) in [4.78, 5) is 18.6. The first-order valence-corrected chi connectivity index (χ1v) is 10.8. The van der Waals surface area contributed by atoms with Crippen molar-refractivity contribution in [2.45, 2.75) is 26.3 Å². The highest BCUT2D eigenvalue weighted by atomic mass is 32.1. The standard InChI is InChI=1S/C23H21FN2O3S/c1-13-15(9-19(27)23-26-18-4-5-25-12-22(18)30-23)8-16(24)11-17(13)14-2-3-20-21(10-14)29-7-6-28-20/h2-3,8,10-11,25H,4-7,9,12H2,1H3. The van der Waals surface area contributed by atoms with Crippen molar-refractivity contribution in [1.29, 1.82) is 0 Å². The van der Waals surface area contributed by atoms with Gasteiger partial charge in [-0.15, -0.1) is 11.3 Å². The first-order chi connectivity index (χ1) is 14.6. The predicted molar refractivity (Wildman–Crippen MR) is 113 cm³/mol. The van der Waals surface area contributed by atoms with Gasteiger partial charge in [-0.2, -0.15) is 0 Å². The Morgan fingerprint density at radius 3 is 2.87 bits per heavy atom. The van der Waals surface area contributed by atoms with E-state index >= 15 is 0 Å². The summed E-state index contributed by atoms with van der Waals surface area (Å²) in [5.41, 5.74) is 4.15. The molecule has 154 valence electrons. The molecule has 0 fully saturated rings. The number of halogens is 1. The molecule has 1 N–H and O–H groups in total. The van der Waals surface area contributed by atoms with Crippen molar-refractivity contribution in [1.82, 2.24) is 10.3 Å². The van der Waals surface area contributed by atoms with Crippen molar-refractivity contribution in [3.05, 3.63) is 62.9 Å². The maximum atomic E-state index is 14.5. The van der Waals surface area contributed by atoms with Gasteiger partial charge in [0.15, 0.2) is 22.3 Å². The number of thiazole rings is 1. The van der Waals surface area contributed by atoms with E-state index in [1.807, 2.05) is 25.1 Å². The fourth-order valence-corrected chi connectivity index (χ4v) is 4.94. The molecule has 5 rings (SSSR count). The molecule has 2 aliphatic rings. The molecule has 0 amide bonds. The third-order valence-electron chi connectivity index (χ3n) is 5.53. The molecule has 5 nitrogen and oxygen atoms in total. The second-order valence-electron chi connectivity index (χ2n) is 7.51. The molecule has 0 saturated heterocycles. The van der Waals surface area contributed by atoms with Gasteiger partial charge < -0.3 is 14.8 Å². The van der Waals surface area contributed by atoms with E-state index in [1.54, 1.807) is 0 Å². The zero-order valence-corrected chi connectivity index (χ0v) is 17.4. The first kappa shape index (κ1) is 19.2. The normalized spacial score (nSPS) is 15.0. The Morgan fingerprint density at radius 1 is 1.20 bits per heavy atom. The number of hydrogen-bond acceptors (Lipinski definition) is 6. The number of nitrogens with zero attached hydrogens (tertiary/aromatic N) is 1. The molecule has 0 saturated carbocycles. The third kappa shape index (κ3) is 3.59. The maximum absolute atomic E-state index is 14.5. The lowest BCUT2D eigenvalue weighted by molar-refractivity contribution is 0.0992.